The molecule has 1 rings (SSSR count). The van der Waals surface area contributed by atoms with Crippen molar-refractivity contribution in [2.75, 3.05) is 0 Å². The van der Waals surface area contributed by atoms with Gasteiger partial charge in [-0.25, -0.2) is 0 Å². The van der Waals surface area contributed by atoms with E-state index < -0.39 is 5.92 Å². The Morgan fingerprint density at radius 2 is 2.31 bits per heavy atom. The fraction of sp³-hybridized carbons (Fsp3) is 0.455. The van der Waals surface area contributed by atoms with Gasteiger partial charge < -0.3 is 5.32 Å². The number of nitriles is 1. The smallest absolute Gasteiger partial charge is 0.237 e. The van der Waals surface area contributed by atoms with Crippen LogP contribution in [0.2, 0.25) is 0 Å². The highest BCUT2D eigenvalue weighted by Crippen LogP contribution is 2.01. The molecule has 1 aromatic heterocycles. The third-order valence-corrected chi connectivity index (χ3v) is 2.16. The lowest BCUT2D eigenvalue weighted by molar-refractivity contribution is -0.123. The van der Waals surface area contributed by atoms with Crippen molar-refractivity contribution in [2.24, 2.45) is 5.92 Å². The van der Waals surface area contributed by atoms with Gasteiger partial charge >= 0.3 is 0 Å². The summed E-state index contributed by atoms with van der Waals surface area (Å²) in [6.45, 7) is 3.96. The molecule has 0 aromatic carbocycles. The van der Waals surface area contributed by atoms with E-state index in [-0.39, 0.29) is 5.91 Å². The van der Waals surface area contributed by atoms with Crippen molar-refractivity contribution in [2.45, 2.75) is 26.8 Å². The van der Waals surface area contributed by atoms with Crippen LogP contribution in [0.1, 0.15) is 24.7 Å². The Morgan fingerprint density at radius 3 is 2.81 bits per heavy atom. The Hall–Kier alpha value is -1.96. The summed E-state index contributed by atoms with van der Waals surface area (Å²) in [5, 5.41) is 11.3. The second-order valence-corrected chi connectivity index (χ2v) is 3.46. The molecule has 5 nitrogen and oxygen atoms in total. The Kier molecular flexibility index (Phi) is 4.40. The lowest BCUT2D eigenvalue weighted by Crippen LogP contribution is -2.29. The van der Waals surface area contributed by atoms with Crippen molar-refractivity contribution in [3.05, 3.63) is 23.8 Å². The summed E-state index contributed by atoms with van der Waals surface area (Å²) in [5.41, 5.74) is 1.52. The molecule has 0 fully saturated rings. The van der Waals surface area contributed by atoms with E-state index in [0.717, 1.165) is 5.69 Å². The number of aryl methyl sites for hydroxylation is 1. The number of nitrogens with zero attached hydrogens (tertiary/aromatic N) is 3. The van der Waals surface area contributed by atoms with Gasteiger partial charge in [-0.2, -0.15) is 5.26 Å². The van der Waals surface area contributed by atoms with Crippen molar-refractivity contribution < 1.29 is 4.79 Å². The highest BCUT2D eigenvalue weighted by Gasteiger charge is 2.14. The monoisotopic (exact) mass is 218 g/mol. The number of rotatable bonds is 4. The predicted molar refractivity (Wildman–Crippen MR) is 58.0 cm³/mol. The number of carbonyl (C=O) groups excluding carboxylic acids is 1. The minimum absolute atomic E-state index is 0.257. The van der Waals surface area contributed by atoms with E-state index in [1.54, 1.807) is 19.3 Å². The summed E-state index contributed by atoms with van der Waals surface area (Å²) < 4.78 is 0. The van der Waals surface area contributed by atoms with Crippen LogP contribution in [0.4, 0.5) is 0 Å². The molecule has 1 amide bonds. The lowest BCUT2D eigenvalue weighted by Gasteiger charge is -2.07. The summed E-state index contributed by atoms with van der Waals surface area (Å²) in [6, 6.07) is 1.95. The highest BCUT2D eigenvalue weighted by molar-refractivity contribution is 5.80. The van der Waals surface area contributed by atoms with Crippen molar-refractivity contribution in [1.29, 1.82) is 5.26 Å². The van der Waals surface area contributed by atoms with Gasteiger partial charge in [0.15, 0.2) is 0 Å². The molecule has 0 radical (unpaired) electrons. The summed E-state index contributed by atoms with van der Waals surface area (Å²) in [4.78, 5) is 19.6. The van der Waals surface area contributed by atoms with Gasteiger partial charge in [0.1, 0.15) is 5.92 Å². The third kappa shape index (κ3) is 3.31. The van der Waals surface area contributed by atoms with Gasteiger partial charge in [0.05, 0.1) is 30.2 Å². The first-order chi connectivity index (χ1) is 7.67. The molecule has 5 heteroatoms. The maximum atomic E-state index is 11.5. The van der Waals surface area contributed by atoms with E-state index in [1.165, 1.54) is 0 Å². The third-order valence-electron chi connectivity index (χ3n) is 2.16. The minimum atomic E-state index is -0.585. The number of hydrogen-bond donors (Lipinski definition) is 1. The average molecular weight is 218 g/mol. The highest BCUT2D eigenvalue weighted by atomic mass is 16.1. The molecule has 0 bridgehead atoms. The van der Waals surface area contributed by atoms with E-state index in [4.69, 9.17) is 5.26 Å². The molecular weight excluding hydrogens is 204 g/mol. The predicted octanol–water partition coefficient (Wildman–Crippen LogP) is 0.951. The van der Waals surface area contributed by atoms with Crippen LogP contribution in [0, 0.1) is 24.2 Å². The second kappa shape index (κ2) is 5.81. The van der Waals surface area contributed by atoms with Crippen LogP contribution >= 0.6 is 0 Å². The first-order valence-corrected chi connectivity index (χ1v) is 5.12. The fourth-order valence-corrected chi connectivity index (χ4v) is 1.15. The number of hydrogen-bond acceptors (Lipinski definition) is 4. The van der Waals surface area contributed by atoms with Crippen LogP contribution in [0.15, 0.2) is 12.4 Å². The van der Waals surface area contributed by atoms with Crippen LogP contribution in [0.3, 0.4) is 0 Å². The van der Waals surface area contributed by atoms with Gasteiger partial charge in [-0.1, -0.05) is 6.92 Å². The molecule has 1 N–H and O–H groups in total. The summed E-state index contributed by atoms with van der Waals surface area (Å²) >= 11 is 0. The molecule has 16 heavy (non-hydrogen) atoms. The normalized spacial score (nSPS) is 11.6. The zero-order valence-electron chi connectivity index (χ0n) is 9.40. The van der Waals surface area contributed by atoms with Gasteiger partial charge in [0.25, 0.3) is 0 Å². The maximum absolute atomic E-state index is 11.5. The zero-order chi connectivity index (χ0) is 12.0. The van der Waals surface area contributed by atoms with E-state index in [0.29, 0.717) is 18.7 Å². The number of carbonyl (C=O) groups is 1. The number of aromatic nitrogens is 2. The topological polar surface area (TPSA) is 78.7 Å². The summed E-state index contributed by atoms with van der Waals surface area (Å²) in [6.07, 6.45) is 3.77. The van der Waals surface area contributed by atoms with E-state index >= 15 is 0 Å². The molecule has 1 unspecified atom stereocenters. The number of amides is 1. The standard InChI is InChI=1S/C11H14N4O/c1-3-9(4-12)11(16)15-7-10-6-13-8(2)5-14-10/h5-6,9H,3,7H2,1-2H3,(H,15,16). The molecule has 0 spiro atoms. The Morgan fingerprint density at radius 1 is 1.56 bits per heavy atom. The molecule has 0 saturated carbocycles. The maximum Gasteiger partial charge on any atom is 0.237 e. The molecule has 1 aromatic rings. The number of nitrogens with one attached hydrogen (secondary N) is 1. The van der Waals surface area contributed by atoms with Crippen LogP contribution in [0.5, 0.6) is 0 Å². The second-order valence-electron chi connectivity index (χ2n) is 3.46. The Balaban J connectivity index is 2.49. The Bertz CT molecular complexity index is 393. The van der Waals surface area contributed by atoms with E-state index in [1.807, 2.05) is 13.0 Å². The first kappa shape index (κ1) is 12.1. The van der Waals surface area contributed by atoms with Gasteiger partial charge in [0.2, 0.25) is 5.91 Å². The van der Waals surface area contributed by atoms with Crippen molar-refractivity contribution in [3.63, 3.8) is 0 Å². The van der Waals surface area contributed by atoms with E-state index in [9.17, 15) is 4.79 Å². The summed E-state index contributed by atoms with van der Waals surface area (Å²) in [5.74, 6) is -0.842. The van der Waals surface area contributed by atoms with Gasteiger partial charge in [-0.05, 0) is 13.3 Å². The molecular formula is C11H14N4O. The molecule has 1 atom stereocenters. The van der Waals surface area contributed by atoms with Gasteiger partial charge in [-0.15, -0.1) is 0 Å². The van der Waals surface area contributed by atoms with Crippen LogP contribution in [-0.2, 0) is 11.3 Å². The minimum Gasteiger partial charge on any atom is -0.349 e. The largest absolute Gasteiger partial charge is 0.349 e. The van der Waals surface area contributed by atoms with Crippen molar-refractivity contribution >= 4 is 5.91 Å². The molecule has 0 aliphatic rings. The molecule has 0 aliphatic heterocycles. The average Bonchev–Trinajstić information content (AvgIpc) is 2.30. The van der Waals surface area contributed by atoms with Crippen LogP contribution in [-0.4, -0.2) is 15.9 Å². The Labute approximate surface area is 94.5 Å². The van der Waals surface area contributed by atoms with Gasteiger partial charge in [-0.3, -0.25) is 14.8 Å². The van der Waals surface area contributed by atoms with Gasteiger partial charge in [0, 0.05) is 6.20 Å². The first-order valence-electron chi connectivity index (χ1n) is 5.12. The molecule has 1 heterocycles. The quantitative estimate of drug-likeness (QED) is 0.816. The van der Waals surface area contributed by atoms with Crippen molar-refractivity contribution in [1.82, 2.24) is 15.3 Å². The van der Waals surface area contributed by atoms with Crippen molar-refractivity contribution in [3.8, 4) is 6.07 Å². The molecule has 0 saturated heterocycles. The SMILES string of the molecule is CCC(C#N)C(=O)NCc1cnc(C)cn1. The zero-order valence-corrected chi connectivity index (χ0v) is 9.40. The van der Waals surface area contributed by atoms with E-state index in [2.05, 4.69) is 15.3 Å². The lowest BCUT2D eigenvalue weighted by atomic mass is 10.1. The summed E-state index contributed by atoms with van der Waals surface area (Å²) in [7, 11) is 0. The molecule has 0 aliphatic carbocycles. The van der Waals surface area contributed by atoms with Crippen LogP contribution < -0.4 is 5.32 Å². The van der Waals surface area contributed by atoms with Crippen LogP contribution in [0.25, 0.3) is 0 Å². The fourth-order valence-electron chi connectivity index (χ4n) is 1.15. The molecule has 84 valence electrons.